The molecular formula is C17H21N3O3. The first-order chi connectivity index (χ1) is 11.2. The lowest BCUT2D eigenvalue weighted by Gasteiger charge is -2.27. The lowest BCUT2D eigenvalue weighted by molar-refractivity contribution is 0.0916. The highest BCUT2D eigenvalue weighted by molar-refractivity contribution is 5.97. The molecular weight excluding hydrogens is 294 g/mol. The molecule has 6 heteroatoms. The number of amides is 1. The standard InChI is InChI=1S/C17H21N3O3/c1-11-18-13-5-4-12(8-16(13)23-11)17(21)19-14-9-22-10-15(14)20-6-2-3-7-20/h4-5,8,14-15H,2-3,6-7,9-10H2,1H3,(H,19,21)/t14-,15-/m1/s1. The van der Waals surface area contributed by atoms with Gasteiger partial charge in [-0.2, -0.15) is 0 Å². The Morgan fingerprint density at radius 1 is 1.30 bits per heavy atom. The van der Waals surface area contributed by atoms with E-state index in [9.17, 15) is 4.79 Å². The second kappa shape index (κ2) is 5.94. The average molecular weight is 315 g/mol. The summed E-state index contributed by atoms with van der Waals surface area (Å²) in [7, 11) is 0. The summed E-state index contributed by atoms with van der Waals surface area (Å²) in [5.74, 6) is 0.525. The number of fused-ring (bicyclic) bond motifs is 1. The van der Waals surface area contributed by atoms with Gasteiger partial charge in [-0.3, -0.25) is 9.69 Å². The zero-order valence-corrected chi connectivity index (χ0v) is 13.2. The molecule has 2 atom stereocenters. The van der Waals surface area contributed by atoms with E-state index in [1.165, 1.54) is 12.8 Å². The van der Waals surface area contributed by atoms with Crippen LogP contribution >= 0.6 is 0 Å². The van der Waals surface area contributed by atoms with Gasteiger partial charge in [0.25, 0.3) is 5.91 Å². The molecule has 0 bridgehead atoms. The molecule has 0 aliphatic carbocycles. The number of aryl methyl sites for hydroxylation is 1. The minimum atomic E-state index is -0.0827. The van der Waals surface area contributed by atoms with Crippen LogP contribution in [-0.4, -0.2) is 54.2 Å². The Morgan fingerprint density at radius 2 is 2.13 bits per heavy atom. The number of benzene rings is 1. The molecule has 1 aromatic heterocycles. The molecule has 2 saturated heterocycles. The van der Waals surface area contributed by atoms with Gasteiger partial charge in [0.1, 0.15) is 5.52 Å². The first kappa shape index (κ1) is 14.7. The van der Waals surface area contributed by atoms with Crippen molar-refractivity contribution in [1.82, 2.24) is 15.2 Å². The van der Waals surface area contributed by atoms with E-state index in [-0.39, 0.29) is 18.0 Å². The quantitative estimate of drug-likeness (QED) is 0.934. The molecule has 3 heterocycles. The van der Waals surface area contributed by atoms with Crippen molar-refractivity contribution < 1.29 is 13.9 Å². The number of likely N-dealkylation sites (tertiary alicyclic amines) is 1. The molecule has 2 aliphatic rings. The second-order valence-corrected chi connectivity index (χ2v) is 6.34. The number of rotatable bonds is 3. The maximum absolute atomic E-state index is 12.6. The number of carbonyl (C=O) groups excluding carboxylic acids is 1. The summed E-state index contributed by atoms with van der Waals surface area (Å²) in [5, 5.41) is 3.13. The molecule has 122 valence electrons. The number of ether oxygens (including phenoxy) is 1. The van der Waals surface area contributed by atoms with E-state index in [1.807, 2.05) is 6.07 Å². The van der Waals surface area contributed by atoms with Crippen LogP contribution in [0.1, 0.15) is 29.1 Å². The molecule has 6 nitrogen and oxygen atoms in total. The third-order valence-electron chi connectivity index (χ3n) is 4.73. The van der Waals surface area contributed by atoms with Crippen LogP contribution < -0.4 is 5.32 Å². The smallest absolute Gasteiger partial charge is 0.251 e. The van der Waals surface area contributed by atoms with Crippen LogP contribution in [0.3, 0.4) is 0 Å². The minimum Gasteiger partial charge on any atom is -0.441 e. The molecule has 0 radical (unpaired) electrons. The molecule has 0 unspecified atom stereocenters. The van der Waals surface area contributed by atoms with E-state index in [0.717, 1.165) is 18.6 Å². The van der Waals surface area contributed by atoms with E-state index < -0.39 is 0 Å². The summed E-state index contributed by atoms with van der Waals surface area (Å²) >= 11 is 0. The van der Waals surface area contributed by atoms with E-state index in [0.29, 0.717) is 30.3 Å². The topological polar surface area (TPSA) is 67.6 Å². The van der Waals surface area contributed by atoms with Crippen molar-refractivity contribution in [3.63, 3.8) is 0 Å². The van der Waals surface area contributed by atoms with Gasteiger partial charge < -0.3 is 14.5 Å². The van der Waals surface area contributed by atoms with Crippen LogP contribution in [0.4, 0.5) is 0 Å². The van der Waals surface area contributed by atoms with Gasteiger partial charge in [0.05, 0.1) is 25.3 Å². The van der Waals surface area contributed by atoms with Crippen LogP contribution in [0.15, 0.2) is 22.6 Å². The monoisotopic (exact) mass is 315 g/mol. The van der Waals surface area contributed by atoms with Crippen LogP contribution in [-0.2, 0) is 4.74 Å². The summed E-state index contributed by atoms with van der Waals surface area (Å²) in [6.45, 7) is 5.28. The van der Waals surface area contributed by atoms with Gasteiger partial charge in [0.2, 0.25) is 0 Å². The lowest BCUT2D eigenvalue weighted by atomic mass is 10.1. The van der Waals surface area contributed by atoms with Gasteiger partial charge in [0, 0.05) is 12.5 Å². The Kier molecular flexibility index (Phi) is 3.79. The molecule has 0 spiro atoms. The zero-order valence-electron chi connectivity index (χ0n) is 13.2. The summed E-state index contributed by atoms with van der Waals surface area (Å²) in [5.41, 5.74) is 2.02. The Balaban J connectivity index is 1.49. The minimum absolute atomic E-state index is 0.0489. The number of hydrogen-bond acceptors (Lipinski definition) is 5. The number of hydrogen-bond donors (Lipinski definition) is 1. The molecule has 2 aliphatic heterocycles. The molecule has 23 heavy (non-hydrogen) atoms. The first-order valence-corrected chi connectivity index (χ1v) is 8.20. The highest BCUT2D eigenvalue weighted by Gasteiger charge is 2.35. The Morgan fingerprint density at radius 3 is 2.96 bits per heavy atom. The van der Waals surface area contributed by atoms with E-state index in [2.05, 4.69) is 15.2 Å². The Hall–Kier alpha value is -1.92. The predicted molar refractivity (Wildman–Crippen MR) is 85.4 cm³/mol. The third kappa shape index (κ3) is 2.84. The van der Waals surface area contributed by atoms with E-state index >= 15 is 0 Å². The van der Waals surface area contributed by atoms with Crippen LogP contribution in [0, 0.1) is 6.92 Å². The van der Waals surface area contributed by atoms with Crippen molar-refractivity contribution in [2.24, 2.45) is 0 Å². The molecule has 1 amide bonds. The fraction of sp³-hybridized carbons (Fsp3) is 0.529. The van der Waals surface area contributed by atoms with Crippen LogP contribution in [0.2, 0.25) is 0 Å². The summed E-state index contributed by atoms with van der Waals surface area (Å²) < 4.78 is 11.1. The molecule has 2 aromatic rings. The largest absolute Gasteiger partial charge is 0.441 e. The summed E-state index contributed by atoms with van der Waals surface area (Å²) in [6, 6.07) is 5.71. The van der Waals surface area contributed by atoms with Crippen molar-refractivity contribution in [1.29, 1.82) is 0 Å². The van der Waals surface area contributed by atoms with Crippen LogP contribution in [0.25, 0.3) is 11.1 Å². The Labute approximate surface area is 134 Å². The number of nitrogens with one attached hydrogen (secondary N) is 1. The highest BCUT2D eigenvalue weighted by atomic mass is 16.5. The van der Waals surface area contributed by atoms with Crippen molar-refractivity contribution in [2.45, 2.75) is 31.8 Å². The van der Waals surface area contributed by atoms with Crippen molar-refractivity contribution in [2.75, 3.05) is 26.3 Å². The SMILES string of the molecule is Cc1nc2ccc(C(=O)N[C@@H]3COC[C@H]3N3CCCC3)cc2o1. The average Bonchev–Trinajstić information content (AvgIpc) is 3.25. The number of carbonyl (C=O) groups is 1. The van der Waals surface area contributed by atoms with Crippen molar-refractivity contribution >= 4 is 17.0 Å². The van der Waals surface area contributed by atoms with Crippen LogP contribution in [0.5, 0.6) is 0 Å². The second-order valence-electron chi connectivity index (χ2n) is 6.34. The first-order valence-electron chi connectivity index (χ1n) is 8.20. The molecule has 4 rings (SSSR count). The van der Waals surface area contributed by atoms with E-state index in [4.69, 9.17) is 9.15 Å². The van der Waals surface area contributed by atoms with Crippen molar-refractivity contribution in [3.05, 3.63) is 29.7 Å². The predicted octanol–water partition coefficient (Wildman–Crippen LogP) is 1.73. The number of nitrogens with zero attached hydrogens (tertiary/aromatic N) is 2. The molecule has 0 saturated carbocycles. The maximum atomic E-state index is 12.6. The summed E-state index contributed by atoms with van der Waals surface area (Å²) in [6.07, 6.45) is 2.47. The molecule has 1 aromatic carbocycles. The number of oxazole rings is 1. The van der Waals surface area contributed by atoms with Gasteiger partial charge >= 0.3 is 0 Å². The van der Waals surface area contributed by atoms with Gasteiger partial charge in [-0.1, -0.05) is 0 Å². The number of aromatic nitrogens is 1. The third-order valence-corrected chi connectivity index (χ3v) is 4.73. The highest BCUT2D eigenvalue weighted by Crippen LogP contribution is 2.20. The normalized spacial score (nSPS) is 25.3. The molecule has 2 fully saturated rings. The van der Waals surface area contributed by atoms with Gasteiger partial charge in [-0.15, -0.1) is 0 Å². The lowest BCUT2D eigenvalue weighted by Crippen LogP contribution is -2.50. The van der Waals surface area contributed by atoms with Gasteiger partial charge in [-0.25, -0.2) is 4.98 Å². The zero-order chi connectivity index (χ0) is 15.8. The van der Waals surface area contributed by atoms with E-state index in [1.54, 1.807) is 19.1 Å². The van der Waals surface area contributed by atoms with Gasteiger partial charge in [0.15, 0.2) is 11.5 Å². The summed E-state index contributed by atoms with van der Waals surface area (Å²) in [4.78, 5) is 19.3. The Bertz CT molecular complexity index is 721. The van der Waals surface area contributed by atoms with Gasteiger partial charge in [-0.05, 0) is 44.1 Å². The fourth-order valence-electron chi connectivity index (χ4n) is 3.55. The maximum Gasteiger partial charge on any atom is 0.251 e. The van der Waals surface area contributed by atoms with Crippen molar-refractivity contribution in [3.8, 4) is 0 Å². The fourth-order valence-corrected chi connectivity index (χ4v) is 3.55. The molecule has 1 N–H and O–H groups in total.